The minimum absolute atomic E-state index is 0.00190. The van der Waals surface area contributed by atoms with Gasteiger partial charge in [-0.25, -0.2) is 13.1 Å². The molecule has 1 saturated carbocycles. The molecule has 0 atom stereocenters. The minimum Gasteiger partial charge on any atom is -0.396 e. The minimum atomic E-state index is -3.58. The maximum atomic E-state index is 12.1. The van der Waals surface area contributed by atoms with Gasteiger partial charge in [0, 0.05) is 18.6 Å². The fourth-order valence-corrected chi connectivity index (χ4v) is 3.07. The molecule has 6 heteroatoms. The average molecular weight is 280 g/mol. The summed E-state index contributed by atoms with van der Waals surface area (Å²) in [6.07, 6.45) is 1.69. The molecule has 2 N–H and O–H groups in total. The van der Waals surface area contributed by atoms with Gasteiger partial charge in [0.05, 0.1) is 16.5 Å². The van der Waals surface area contributed by atoms with Gasteiger partial charge in [-0.2, -0.15) is 5.26 Å². The van der Waals surface area contributed by atoms with Crippen LogP contribution in [0.15, 0.2) is 23.1 Å². The first-order valence-corrected chi connectivity index (χ1v) is 7.52. The van der Waals surface area contributed by atoms with E-state index in [1.165, 1.54) is 18.2 Å². The van der Waals surface area contributed by atoms with E-state index in [0.717, 1.165) is 12.8 Å². The van der Waals surface area contributed by atoms with Crippen molar-refractivity contribution in [2.24, 2.45) is 5.41 Å². The van der Waals surface area contributed by atoms with Crippen molar-refractivity contribution in [1.82, 2.24) is 4.72 Å². The molecule has 1 fully saturated rings. The normalized spacial score (nSPS) is 16.9. The smallest absolute Gasteiger partial charge is 0.240 e. The molecule has 0 saturated heterocycles. The van der Waals surface area contributed by atoms with Crippen molar-refractivity contribution in [3.05, 3.63) is 29.3 Å². The Hall–Kier alpha value is -1.42. The van der Waals surface area contributed by atoms with Crippen LogP contribution in [0, 0.1) is 23.7 Å². The lowest BCUT2D eigenvalue weighted by atomic mass is 10.1. The quantitative estimate of drug-likeness (QED) is 0.839. The van der Waals surface area contributed by atoms with Gasteiger partial charge in [-0.15, -0.1) is 0 Å². The topological polar surface area (TPSA) is 90.2 Å². The fraction of sp³-hybridized carbons (Fsp3) is 0.462. The number of nitrogens with one attached hydrogen (secondary N) is 1. The number of rotatable bonds is 5. The molecular formula is C13H16N2O3S. The molecule has 0 radical (unpaired) electrons. The number of benzene rings is 1. The van der Waals surface area contributed by atoms with Crippen LogP contribution in [-0.4, -0.2) is 26.7 Å². The molecule has 0 unspecified atom stereocenters. The summed E-state index contributed by atoms with van der Waals surface area (Å²) in [6, 6.07) is 6.41. The SMILES string of the molecule is Cc1cc(S(=O)(=O)NCC2(CO)CC2)ccc1C#N. The number of hydrogen-bond acceptors (Lipinski definition) is 4. The largest absolute Gasteiger partial charge is 0.396 e. The van der Waals surface area contributed by atoms with Crippen molar-refractivity contribution in [3.8, 4) is 6.07 Å². The Morgan fingerprint density at radius 1 is 1.47 bits per heavy atom. The molecular weight excluding hydrogens is 264 g/mol. The van der Waals surface area contributed by atoms with Gasteiger partial charge >= 0.3 is 0 Å². The Kier molecular flexibility index (Phi) is 3.63. The highest BCUT2D eigenvalue weighted by atomic mass is 32.2. The van der Waals surface area contributed by atoms with E-state index in [4.69, 9.17) is 10.4 Å². The van der Waals surface area contributed by atoms with Crippen LogP contribution in [0.2, 0.25) is 0 Å². The molecule has 5 nitrogen and oxygen atoms in total. The summed E-state index contributed by atoms with van der Waals surface area (Å²) >= 11 is 0. The Bertz CT molecular complexity index is 628. The van der Waals surface area contributed by atoms with Gasteiger partial charge in [0.1, 0.15) is 0 Å². The maximum absolute atomic E-state index is 12.1. The van der Waals surface area contributed by atoms with E-state index in [9.17, 15) is 8.42 Å². The number of aryl methyl sites for hydroxylation is 1. The third-order valence-corrected chi connectivity index (χ3v) is 4.96. The summed E-state index contributed by atoms with van der Waals surface area (Å²) in [6.45, 7) is 1.96. The molecule has 0 aliphatic heterocycles. The van der Waals surface area contributed by atoms with E-state index in [-0.39, 0.29) is 23.5 Å². The van der Waals surface area contributed by atoms with Crippen LogP contribution in [0.5, 0.6) is 0 Å². The number of hydrogen-bond donors (Lipinski definition) is 2. The van der Waals surface area contributed by atoms with Gasteiger partial charge in [-0.3, -0.25) is 0 Å². The molecule has 2 rings (SSSR count). The van der Waals surface area contributed by atoms with Crippen molar-refractivity contribution in [2.45, 2.75) is 24.7 Å². The molecule has 102 valence electrons. The van der Waals surface area contributed by atoms with Crippen LogP contribution in [0.1, 0.15) is 24.0 Å². The average Bonchev–Trinajstić information content (AvgIpc) is 3.17. The molecule has 0 heterocycles. The van der Waals surface area contributed by atoms with Gasteiger partial charge in [0.25, 0.3) is 0 Å². The second-order valence-electron chi connectivity index (χ2n) is 5.07. The van der Waals surface area contributed by atoms with Crippen LogP contribution >= 0.6 is 0 Å². The van der Waals surface area contributed by atoms with E-state index in [2.05, 4.69) is 4.72 Å². The highest BCUT2D eigenvalue weighted by Gasteiger charge is 2.42. The zero-order valence-electron chi connectivity index (χ0n) is 10.7. The zero-order chi connectivity index (χ0) is 14.1. The molecule has 1 aromatic rings. The van der Waals surface area contributed by atoms with Gasteiger partial charge in [0.2, 0.25) is 10.0 Å². The molecule has 1 aliphatic rings. The second kappa shape index (κ2) is 4.93. The first kappa shape index (κ1) is 14.0. The summed E-state index contributed by atoms with van der Waals surface area (Å²) in [5.74, 6) is 0. The first-order valence-electron chi connectivity index (χ1n) is 6.04. The van der Waals surface area contributed by atoms with Crippen LogP contribution in [0.25, 0.3) is 0 Å². The predicted octanol–water partition coefficient (Wildman–Crippen LogP) is 0.917. The van der Waals surface area contributed by atoms with Crippen LogP contribution < -0.4 is 4.72 Å². The van der Waals surface area contributed by atoms with Crippen molar-refractivity contribution < 1.29 is 13.5 Å². The Balaban J connectivity index is 2.16. The van der Waals surface area contributed by atoms with Gasteiger partial charge < -0.3 is 5.11 Å². The maximum Gasteiger partial charge on any atom is 0.240 e. The van der Waals surface area contributed by atoms with Crippen molar-refractivity contribution in [2.75, 3.05) is 13.2 Å². The van der Waals surface area contributed by atoms with E-state index >= 15 is 0 Å². The summed E-state index contributed by atoms with van der Waals surface area (Å²) in [5.41, 5.74) is 0.830. The van der Waals surface area contributed by atoms with E-state index in [1.54, 1.807) is 6.92 Å². The van der Waals surface area contributed by atoms with E-state index in [0.29, 0.717) is 11.1 Å². The summed E-state index contributed by atoms with van der Waals surface area (Å²) < 4.78 is 26.7. The highest BCUT2D eigenvalue weighted by molar-refractivity contribution is 7.89. The van der Waals surface area contributed by atoms with Gasteiger partial charge in [-0.1, -0.05) is 0 Å². The number of aliphatic hydroxyl groups excluding tert-OH is 1. The lowest BCUT2D eigenvalue weighted by Crippen LogP contribution is -2.32. The lowest BCUT2D eigenvalue weighted by molar-refractivity contribution is 0.213. The highest BCUT2D eigenvalue weighted by Crippen LogP contribution is 2.44. The zero-order valence-corrected chi connectivity index (χ0v) is 11.5. The van der Waals surface area contributed by atoms with Crippen molar-refractivity contribution in [1.29, 1.82) is 5.26 Å². The molecule has 0 amide bonds. The third kappa shape index (κ3) is 2.95. The lowest BCUT2D eigenvalue weighted by Gasteiger charge is -2.13. The van der Waals surface area contributed by atoms with Crippen LogP contribution in [0.4, 0.5) is 0 Å². The second-order valence-corrected chi connectivity index (χ2v) is 6.84. The number of aliphatic hydroxyl groups is 1. The summed E-state index contributed by atoms with van der Waals surface area (Å²) in [4.78, 5) is 0.151. The molecule has 1 aromatic carbocycles. The molecule has 19 heavy (non-hydrogen) atoms. The molecule has 0 bridgehead atoms. The summed E-state index contributed by atoms with van der Waals surface area (Å²) in [7, 11) is -3.58. The predicted molar refractivity (Wildman–Crippen MR) is 69.8 cm³/mol. The van der Waals surface area contributed by atoms with E-state index in [1.807, 2.05) is 6.07 Å². The molecule has 1 aliphatic carbocycles. The van der Waals surface area contributed by atoms with Crippen molar-refractivity contribution >= 4 is 10.0 Å². The number of nitrogens with zero attached hydrogens (tertiary/aromatic N) is 1. The monoisotopic (exact) mass is 280 g/mol. The van der Waals surface area contributed by atoms with Gasteiger partial charge in [0.15, 0.2) is 0 Å². The summed E-state index contributed by atoms with van der Waals surface area (Å²) in [5, 5.41) is 18.0. The standard InChI is InChI=1S/C13H16N2O3S/c1-10-6-12(3-2-11(10)7-14)19(17,18)15-8-13(9-16)4-5-13/h2-3,6,15-16H,4-5,8-9H2,1H3. The fourth-order valence-electron chi connectivity index (χ4n) is 1.83. The van der Waals surface area contributed by atoms with Crippen LogP contribution in [-0.2, 0) is 10.0 Å². The third-order valence-electron chi connectivity index (χ3n) is 3.56. The van der Waals surface area contributed by atoms with E-state index < -0.39 is 10.0 Å². The molecule has 0 spiro atoms. The Labute approximate surface area is 112 Å². The molecule has 0 aromatic heterocycles. The first-order chi connectivity index (χ1) is 8.92. The number of sulfonamides is 1. The Morgan fingerprint density at radius 3 is 2.63 bits per heavy atom. The van der Waals surface area contributed by atoms with Gasteiger partial charge in [-0.05, 0) is 43.5 Å². The van der Waals surface area contributed by atoms with Crippen LogP contribution in [0.3, 0.4) is 0 Å². The number of nitriles is 1. The van der Waals surface area contributed by atoms with Crippen molar-refractivity contribution in [3.63, 3.8) is 0 Å². The Morgan fingerprint density at radius 2 is 2.16 bits per heavy atom.